The van der Waals surface area contributed by atoms with Gasteiger partial charge in [0.15, 0.2) is 0 Å². The zero-order valence-corrected chi connectivity index (χ0v) is 10.4. The summed E-state index contributed by atoms with van der Waals surface area (Å²) in [6, 6.07) is 5.95. The van der Waals surface area contributed by atoms with Gasteiger partial charge in [-0.2, -0.15) is 0 Å². The van der Waals surface area contributed by atoms with Crippen molar-refractivity contribution in [3.8, 4) is 0 Å². The Hall–Kier alpha value is -1.71. The molecule has 1 aromatic rings. The molecule has 4 N–H and O–H groups in total. The fourth-order valence-electron chi connectivity index (χ4n) is 2.30. The van der Waals surface area contributed by atoms with E-state index in [4.69, 9.17) is 11.5 Å². The minimum atomic E-state index is -0.434. The molecule has 0 bridgehead atoms. The lowest BCUT2D eigenvalue weighted by atomic mass is 9.89. The first-order valence-electron chi connectivity index (χ1n) is 5.83. The number of amides is 1. The zero-order chi connectivity index (χ0) is 12.6. The predicted octanol–water partition coefficient (Wildman–Crippen LogP) is 1.28. The van der Waals surface area contributed by atoms with Crippen molar-refractivity contribution in [2.75, 3.05) is 23.7 Å². The van der Waals surface area contributed by atoms with Gasteiger partial charge in [-0.3, -0.25) is 4.79 Å². The number of carbonyl (C=O) groups excluding carboxylic acids is 1. The first-order chi connectivity index (χ1) is 7.92. The second kappa shape index (κ2) is 3.95. The summed E-state index contributed by atoms with van der Waals surface area (Å²) in [7, 11) is 0. The number of anilines is 2. The van der Waals surface area contributed by atoms with Crippen LogP contribution in [0.3, 0.4) is 0 Å². The molecular formula is C13H19N3O. The van der Waals surface area contributed by atoms with Crippen LogP contribution in [0.1, 0.15) is 18.9 Å². The predicted molar refractivity (Wildman–Crippen MR) is 69.7 cm³/mol. The van der Waals surface area contributed by atoms with Crippen LogP contribution in [0.5, 0.6) is 0 Å². The monoisotopic (exact) mass is 233 g/mol. The number of benzene rings is 1. The molecular weight excluding hydrogens is 214 g/mol. The molecule has 1 fully saturated rings. The summed E-state index contributed by atoms with van der Waals surface area (Å²) >= 11 is 0. The van der Waals surface area contributed by atoms with Crippen molar-refractivity contribution in [3.63, 3.8) is 0 Å². The molecule has 1 saturated heterocycles. The number of aryl methyl sites for hydroxylation is 1. The Morgan fingerprint density at radius 1 is 1.47 bits per heavy atom. The van der Waals surface area contributed by atoms with Crippen LogP contribution in [-0.2, 0) is 4.79 Å². The third kappa shape index (κ3) is 2.07. The topological polar surface area (TPSA) is 72.3 Å². The Labute approximate surface area is 102 Å². The van der Waals surface area contributed by atoms with Gasteiger partial charge in [-0.25, -0.2) is 0 Å². The highest BCUT2D eigenvalue weighted by Gasteiger charge is 2.39. The van der Waals surface area contributed by atoms with E-state index in [0.717, 1.165) is 24.3 Å². The van der Waals surface area contributed by atoms with E-state index >= 15 is 0 Å². The third-order valence-electron chi connectivity index (χ3n) is 3.59. The van der Waals surface area contributed by atoms with Gasteiger partial charge in [0, 0.05) is 13.1 Å². The molecule has 1 unspecified atom stereocenters. The number of carbonyl (C=O) groups is 1. The van der Waals surface area contributed by atoms with Gasteiger partial charge in [-0.05, 0) is 38.0 Å². The number of hydrogen-bond donors (Lipinski definition) is 2. The van der Waals surface area contributed by atoms with E-state index in [9.17, 15) is 4.79 Å². The van der Waals surface area contributed by atoms with Crippen molar-refractivity contribution in [3.05, 3.63) is 23.8 Å². The Bertz CT molecular complexity index is 458. The Balaban J connectivity index is 2.26. The average molecular weight is 233 g/mol. The number of nitrogen functional groups attached to an aromatic ring is 1. The molecule has 4 heteroatoms. The SMILES string of the molecule is Cc1ccc(N)c(N2CCC(C)(C(N)=O)C2)c1. The van der Waals surface area contributed by atoms with E-state index in [1.807, 2.05) is 26.0 Å². The summed E-state index contributed by atoms with van der Waals surface area (Å²) in [6.07, 6.45) is 0.787. The lowest BCUT2D eigenvalue weighted by Gasteiger charge is -2.24. The number of nitrogens with zero attached hydrogens (tertiary/aromatic N) is 1. The fourth-order valence-corrected chi connectivity index (χ4v) is 2.30. The summed E-state index contributed by atoms with van der Waals surface area (Å²) in [4.78, 5) is 13.6. The van der Waals surface area contributed by atoms with Gasteiger partial charge in [0.1, 0.15) is 0 Å². The standard InChI is InChI=1S/C13H19N3O/c1-9-3-4-10(14)11(7-9)16-6-5-13(2,8-16)12(15)17/h3-4,7H,5-6,8,14H2,1-2H3,(H2,15,17). The van der Waals surface area contributed by atoms with Crippen molar-refractivity contribution in [2.45, 2.75) is 20.3 Å². The molecule has 1 aromatic carbocycles. The normalized spacial score (nSPS) is 24.0. The molecule has 0 saturated carbocycles. The molecule has 1 heterocycles. The summed E-state index contributed by atoms with van der Waals surface area (Å²) in [5.74, 6) is -0.230. The molecule has 1 atom stereocenters. The molecule has 0 aliphatic carbocycles. The maximum absolute atomic E-state index is 11.4. The maximum Gasteiger partial charge on any atom is 0.225 e. The summed E-state index contributed by atoms with van der Waals surface area (Å²) in [5.41, 5.74) is 13.9. The van der Waals surface area contributed by atoms with Gasteiger partial charge in [-0.15, -0.1) is 0 Å². The largest absolute Gasteiger partial charge is 0.397 e. The molecule has 1 aliphatic heterocycles. The lowest BCUT2D eigenvalue weighted by molar-refractivity contribution is -0.125. The van der Waals surface area contributed by atoms with Crippen LogP contribution in [0.15, 0.2) is 18.2 Å². The minimum Gasteiger partial charge on any atom is -0.397 e. The average Bonchev–Trinajstić information content (AvgIpc) is 2.66. The van der Waals surface area contributed by atoms with Gasteiger partial charge in [-0.1, -0.05) is 6.07 Å². The minimum absolute atomic E-state index is 0.230. The smallest absolute Gasteiger partial charge is 0.225 e. The highest BCUT2D eigenvalue weighted by Crippen LogP contribution is 2.35. The van der Waals surface area contributed by atoms with Crippen molar-refractivity contribution >= 4 is 17.3 Å². The molecule has 92 valence electrons. The molecule has 0 spiro atoms. The van der Waals surface area contributed by atoms with Crippen LogP contribution < -0.4 is 16.4 Å². The van der Waals surface area contributed by atoms with Crippen LogP contribution in [0.4, 0.5) is 11.4 Å². The number of hydrogen-bond acceptors (Lipinski definition) is 3. The first kappa shape index (κ1) is 11.8. The van der Waals surface area contributed by atoms with Crippen LogP contribution in [0, 0.1) is 12.3 Å². The molecule has 1 amide bonds. The molecule has 0 aromatic heterocycles. The maximum atomic E-state index is 11.4. The molecule has 2 rings (SSSR count). The van der Waals surface area contributed by atoms with E-state index in [1.54, 1.807) is 0 Å². The van der Waals surface area contributed by atoms with Crippen molar-refractivity contribution in [1.82, 2.24) is 0 Å². The van der Waals surface area contributed by atoms with Gasteiger partial charge in [0.25, 0.3) is 0 Å². The highest BCUT2D eigenvalue weighted by molar-refractivity contribution is 5.82. The number of primary amides is 1. The van der Waals surface area contributed by atoms with E-state index in [0.29, 0.717) is 6.54 Å². The van der Waals surface area contributed by atoms with Crippen molar-refractivity contribution in [2.24, 2.45) is 11.1 Å². The third-order valence-corrected chi connectivity index (χ3v) is 3.59. The van der Waals surface area contributed by atoms with Gasteiger partial charge in [0.2, 0.25) is 5.91 Å². The summed E-state index contributed by atoms with van der Waals surface area (Å²) in [5, 5.41) is 0. The lowest BCUT2D eigenvalue weighted by Crippen LogP contribution is -2.37. The number of nitrogens with two attached hydrogens (primary N) is 2. The van der Waals surface area contributed by atoms with E-state index in [2.05, 4.69) is 11.0 Å². The van der Waals surface area contributed by atoms with Crippen LogP contribution >= 0.6 is 0 Å². The van der Waals surface area contributed by atoms with Crippen LogP contribution in [0.2, 0.25) is 0 Å². The quantitative estimate of drug-likeness (QED) is 0.756. The van der Waals surface area contributed by atoms with Crippen LogP contribution in [-0.4, -0.2) is 19.0 Å². The van der Waals surface area contributed by atoms with Crippen molar-refractivity contribution in [1.29, 1.82) is 0 Å². The van der Waals surface area contributed by atoms with Gasteiger partial charge >= 0.3 is 0 Å². The molecule has 17 heavy (non-hydrogen) atoms. The van der Waals surface area contributed by atoms with E-state index < -0.39 is 5.41 Å². The zero-order valence-electron chi connectivity index (χ0n) is 10.4. The Morgan fingerprint density at radius 2 is 2.18 bits per heavy atom. The highest BCUT2D eigenvalue weighted by atomic mass is 16.1. The van der Waals surface area contributed by atoms with Crippen LogP contribution in [0.25, 0.3) is 0 Å². The van der Waals surface area contributed by atoms with Gasteiger partial charge < -0.3 is 16.4 Å². The van der Waals surface area contributed by atoms with Crippen molar-refractivity contribution < 1.29 is 4.79 Å². The van der Waals surface area contributed by atoms with Gasteiger partial charge in [0.05, 0.1) is 16.8 Å². The second-order valence-corrected chi connectivity index (χ2v) is 5.16. The first-order valence-corrected chi connectivity index (χ1v) is 5.83. The Kier molecular flexibility index (Phi) is 2.73. The van der Waals surface area contributed by atoms with E-state index in [1.165, 1.54) is 5.56 Å². The number of rotatable bonds is 2. The fraction of sp³-hybridized carbons (Fsp3) is 0.462. The van der Waals surface area contributed by atoms with E-state index in [-0.39, 0.29) is 5.91 Å². The molecule has 0 radical (unpaired) electrons. The summed E-state index contributed by atoms with van der Waals surface area (Å²) < 4.78 is 0. The Morgan fingerprint density at radius 3 is 2.76 bits per heavy atom. The molecule has 1 aliphatic rings. The summed E-state index contributed by atoms with van der Waals surface area (Å²) in [6.45, 7) is 5.43. The second-order valence-electron chi connectivity index (χ2n) is 5.16. The molecule has 4 nitrogen and oxygen atoms in total.